The van der Waals surface area contributed by atoms with Crippen molar-refractivity contribution in [1.29, 1.82) is 0 Å². The van der Waals surface area contributed by atoms with Gasteiger partial charge in [0.2, 0.25) is 0 Å². The van der Waals surface area contributed by atoms with Gasteiger partial charge in [-0.05, 0) is 37.6 Å². The van der Waals surface area contributed by atoms with Gasteiger partial charge in [0, 0.05) is 5.69 Å². The van der Waals surface area contributed by atoms with Gasteiger partial charge in [-0.25, -0.2) is 9.59 Å². The molecule has 0 radical (unpaired) electrons. The van der Waals surface area contributed by atoms with E-state index in [0.29, 0.717) is 12.2 Å². The fourth-order valence-electron chi connectivity index (χ4n) is 1.47. The minimum Gasteiger partial charge on any atom is -0.467 e. The molecule has 0 aromatic heterocycles. The van der Waals surface area contributed by atoms with Crippen molar-refractivity contribution in [2.75, 3.05) is 19.0 Å². The summed E-state index contributed by atoms with van der Waals surface area (Å²) in [7, 11) is 1.34. The minimum atomic E-state index is -0.442. The maximum absolute atomic E-state index is 11.6. The fraction of sp³-hybridized carbons (Fsp3) is 0.429. The van der Waals surface area contributed by atoms with Crippen LogP contribution >= 0.6 is 0 Å². The van der Waals surface area contributed by atoms with E-state index in [1.54, 1.807) is 31.2 Å². The van der Waals surface area contributed by atoms with Crippen LogP contribution in [-0.2, 0) is 14.3 Å². The molecule has 5 heteroatoms. The first-order valence-electron chi connectivity index (χ1n) is 6.20. The molecule has 1 N–H and O–H groups in total. The van der Waals surface area contributed by atoms with Crippen LogP contribution in [0.5, 0.6) is 0 Å². The van der Waals surface area contributed by atoms with E-state index in [-0.39, 0.29) is 11.9 Å². The molecule has 0 heterocycles. The average molecular weight is 265 g/mol. The predicted octanol–water partition coefficient (Wildman–Crippen LogP) is 2.23. The maximum Gasteiger partial charge on any atom is 0.338 e. The first kappa shape index (κ1) is 15.0. The van der Waals surface area contributed by atoms with Gasteiger partial charge in [-0.1, -0.05) is 6.92 Å². The number of nitrogens with one attached hydrogen (secondary N) is 1. The zero-order valence-electron chi connectivity index (χ0n) is 11.4. The van der Waals surface area contributed by atoms with Crippen molar-refractivity contribution < 1.29 is 19.1 Å². The van der Waals surface area contributed by atoms with Crippen LogP contribution in [0.2, 0.25) is 0 Å². The summed E-state index contributed by atoms with van der Waals surface area (Å²) in [6.07, 6.45) is 0.794. The van der Waals surface area contributed by atoms with E-state index in [2.05, 4.69) is 10.1 Å². The Balaban J connectivity index is 2.61. The van der Waals surface area contributed by atoms with Crippen molar-refractivity contribution in [2.24, 2.45) is 0 Å². The van der Waals surface area contributed by atoms with Gasteiger partial charge in [-0.15, -0.1) is 0 Å². The van der Waals surface area contributed by atoms with Crippen LogP contribution in [0.4, 0.5) is 5.69 Å². The summed E-state index contributed by atoms with van der Waals surface area (Å²) in [5, 5.41) is 2.98. The molecule has 1 unspecified atom stereocenters. The molecule has 1 aromatic carbocycles. The highest BCUT2D eigenvalue weighted by Crippen LogP contribution is 2.12. The number of esters is 2. The molecular formula is C14H19NO4. The number of carbonyl (C=O) groups excluding carboxylic acids is 2. The number of hydrogen-bond acceptors (Lipinski definition) is 5. The van der Waals surface area contributed by atoms with Gasteiger partial charge >= 0.3 is 11.9 Å². The van der Waals surface area contributed by atoms with E-state index in [1.807, 2.05) is 6.92 Å². The Morgan fingerprint density at radius 3 is 2.42 bits per heavy atom. The van der Waals surface area contributed by atoms with E-state index >= 15 is 0 Å². The van der Waals surface area contributed by atoms with E-state index in [9.17, 15) is 9.59 Å². The number of rotatable bonds is 6. The summed E-state index contributed by atoms with van der Waals surface area (Å²) in [6, 6.07) is 6.32. The smallest absolute Gasteiger partial charge is 0.338 e. The highest BCUT2D eigenvalue weighted by Gasteiger charge is 2.13. The van der Waals surface area contributed by atoms with E-state index < -0.39 is 6.04 Å². The Morgan fingerprint density at radius 1 is 1.26 bits per heavy atom. The molecule has 0 bridgehead atoms. The topological polar surface area (TPSA) is 64.6 Å². The zero-order valence-corrected chi connectivity index (χ0v) is 11.4. The molecule has 1 aromatic rings. The van der Waals surface area contributed by atoms with Gasteiger partial charge in [0.25, 0.3) is 0 Å². The van der Waals surface area contributed by atoms with Crippen molar-refractivity contribution in [3.05, 3.63) is 29.8 Å². The lowest BCUT2D eigenvalue weighted by atomic mass is 10.2. The van der Waals surface area contributed by atoms with Gasteiger partial charge < -0.3 is 14.8 Å². The summed E-state index contributed by atoms with van der Waals surface area (Å²) in [5.41, 5.74) is 1.23. The van der Waals surface area contributed by atoms with Gasteiger partial charge in [0.15, 0.2) is 0 Å². The molecule has 1 rings (SSSR count). The Kier molecular flexibility index (Phi) is 5.85. The summed E-state index contributed by atoms with van der Waals surface area (Å²) >= 11 is 0. The molecule has 0 aliphatic carbocycles. The normalized spacial score (nSPS) is 11.5. The molecule has 5 nitrogen and oxygen atoms in total. The molecule has 0 aliphatic heterocycles. The number of methoxy groups -OCH3 is 1. The van der Waals surface area contributed by atoms with E-state index in [1.165, 1.54) is 7.11 Å². The molecular weight excluding hydrogens is 246 g/mol. The first-order valence-corrected chi connectivity index (χ1v) is 6.20. The lowest BCUT2D eigenvalue weighted by Gasteiger charge is -2.13. The minimum absolute atomic E-state index is 0.339. The third-order valence-corrected chi connectivity index (χ3v) is 2.50. The van der Waals surface area contributed by atoms with Gasteiger partial charge in [0.1, 0.15) is 6.04 Å². The third kappa shape index (κ3) is 4.62. The van der Waals surface area contributed by atoms with Crippen LogP contribution in [-0.4, -0.2) is 31.7 Å². The Hall–Kier alpha value is -2.04. The Morgan fingerprint density at radius 2 is 1.89 bits per heavy atom. The number of benzene rings is 1. The van der Waals surface area contributed by atoms with Crippen molar-refractivity contribution in [2.45, 2.75) is 26.3 Å². The Bertz CT molecular complexity index is 428. The lowest BCUT2D eigenvalue weighted by Crippen LogP contribution is -2.27. The van der Waals surface area contributed by atoms with Crippen molar-refractivity contribution in [1.82, 2.24) is 0 Å². The van der Waals surface area contributed by atoms with Crippen LogP contribution in [0, 0.1) is 0 Å². The van der Waals surface area contributed by atoms with Crippen LogP contribution in [0.3, 0.4) is 0 Å². The summed E-state index contributed by atoms with van der Waals surface area (Å²) in [6.45, 7) is 4.06. The predicted molar refractivity (Wildman–Crippen MR) is 72.1 cm³/mol. The first-order chi connectivity index (χ1) is 9.08. The molecule has 0 amide bonds. The number of hydrogen-bond donors (Lipinski definition) is 1. The zero-order chi connectivity index (χ0) is 14.3. The molecule has 104 valence electrons. The quantitative estimate of drug-likeness (QED) is 0.799. The van der Waals surface area contributed by atoms with Gasteiger partial charge in [-0.2, -0.15) is 0 Å². The number of ether oxygens (including phenoxy) is 2. The third-order valence-electron chi connectivity index (χ3n) is 2.50. The summed E-state index contributed by atoms with van der Waals surface area (Å²) in [4.78, 5) is 22.8. The molecule has 1 atom stereocenters. The van der Waals surface area contributed by atoms with Crippen molar-refractivity contribution in [3.8, 4) is 0 Å². The van der Waals surface area contributed by atoms with Gasteiger partial charge in [-0.3, -0.25) is 0 Å². The average Bonchev–Trinajstić information content (AvgIpc) is 2.44. The molecule has 0 saturated carbocycles. The standard InChI is InChI=1S/C14H19NO4/c1-4-9-19-14(17)11-5-7-12(8-6-11)15-10(2)13(16)18-3/h5-8,10,15H,4,9H2,1-3H3. The molecule has 19 heavy (non-hydrogen) atoms. The van der Waals surface area contributed by atoms with Crippen LogP contribution < -0.4 is 5.32 Å². The van der Waals surface area contributed by atoms with E-state index in [0.717, 1.165) is 12.1 Å². The molecule has 0 fully saturated rings. The highest BCUT2D eigenvalue weighted by molar-refractivity contribution is 5.90. The fourth-order valence-corrected chi connectivity index (χ4v) is 1.47. The monoisotopic (exact) mass is 265 g/mol. The second-order valence-corrected chi connectivity index (χ2v) is 4.10. The van der Waals surface area contributed by atoms with Crippen molar-refractivity contribution >= 4 is 17.6 Å². The number of anilines is 1. The largest absolute Gasteiger partial charge is 0.467 e. The van der Waals surface area contributed by atoms with Gasteiger partial charge in [0.05, 0.1) is 19.3 Å². The molecule has 0 spiro atoms. The van der Waals surface area contributed by atoms with Crippen molar-refractivity contribution in [3.63, 3.8) is 0 Å². The summed E-state index contributed by atoms with van der Waals surface area (Å²) < 4.78 is 9.64. The second-order valence-electron chi connectivity index (χ2n) is 4.10. The van der Waals surface area contributed by atoms with E-state index in [4.69, 9.17) is 4.74 Å². The second kappa shape index (κ2) is 7.41. The van der Waals surface area contributed by atoms with Crippen LogP contribution in [0.1, 0.15) is 30.6 Å². The van der Waals surface area contributed by atoms with Crippen LogP contribution in [0.15, 0.2) is 24.3 Å². The summed E-state index contributed by atoms with van der Waals surface area (Å²) in [5.74, 6) is -0.680. The Labute approximate surface area is 112 Å². The molecule has 0 saturated heterocycles. The lowest BCUT2D eigenvalue weighted by molar-refractivity contribution is -0.141. The SMILES string of the molecule is CCCOC(=O)c1ccc(NC(C)C(=O)OC)cc1. The highest BCUT2D eigenvalue weighted by atomic mass is 16.5. The number of carbonyl (C=O) groups is 2. The molecule has 0 aliphatic rings. The maximum atomic E-state index is 11.6. The van der Waals surface area contributed by atoms with Crippen LogP contribution in [0.25, 0.3) is 0 Å².